The maximum Gasteiger partial charge on any atom is 0.231 e. The fourth-order valence-electron chi connectivity index (χ4n) is 3.16. The van der Waals surface area contributed by atoms with E-state index in [2.05, 4.69) is 13.8 Å². The second-order valence-corrected chi connectivity index (χ2v) is 5.59. The molecule has 0 spiro atoms. The Bertz CT molecular complexity index is 484. The molecule has 1 heterocycles. The summed E-state index contributed by atoms with van der Waals surface area (Å²) in [4.78, 5) is 0. The SMILES string of the molecule is COc1cc2c(cc1[C@H]1[C@H](CN)C1(C)C)OCO2. The Labute approximate surface area is 107 Å². The van der Waals surface area contributed by atoms with Gasteiger partial charge in [0.25, 0.3) is 0 Å². The molecule has 98 valence electrons. The molecule has 0 aromatic heterocycles. The van der Waals surface area contributed by atoms with Crippen LogP contribution in [0.4, 0.5) is 0 Å². The first-order valence-electron chi connectivity index (χ1n) is 6.27. The summed E-state index contributed by atoms with van der Waals surface area (Å²) in [6, 6.07) is 3.96. The van der Waals surface area contributed by atoms with Crippen molar-refractivity contribution in [1.29, 1.82) is 0 Å². The van der Waals surface area contributed by atoms with Gasteiger partial charge in [0.15, 0.2) is 11.5 Å². The predicted molar refractivity (Wildman–Crippen MR) is 68.2 cm³/mol. The highest BCUT2D eigenvalue weighted by atomic mass is 16.7. The van der Waals surface area contributed by atoms with Crippen molar-refractivity contribution in [2.24, 2.45) is 17.1 Å². The molecule has 1 fully saturated rings. The number of benzene rings is 1. The fourth-order valence-corrected chi connectivity index (χ4v) is 3.16. The van der Waals surface area contributed by atoms with Crippen molar-refractivity contribution in [3.63, 3.8) is 0 Å². The molecule has 4 nitrogen and oxygen atoms in total. The molecule has 3 rings (SSSR count). The Morgan fingerprint density at radius 1 is 1.33 bits per heavy atom. The van der Waals surface area contributed by atoms with Gasteiger partial charge in [-0.25, -0.2) is 0 Å². The number of ether oxygens (including phenoxy) is 3. The lowest BCUT2D eigenvalue weighted by atomic mass is 10.0. The summed E-state index contributed by atoms with van der Waals surface area (Å²) in [5, 5.41) is 0. The smallest absolute Gasteiger partial charge is 0.231 e. The number of fused-ring (bicyclic) bond motifs is 1. The summed E-state index contributed by atoms with van der Waals surface area (Å²) in [6.07, 6.45) is 0. The number of hydrogen-bond acceptors (Lipinski definition) is 4. The third-order valence-electron chi connectivity index (χ3n) is 4.36. The molecule has 2 N–H and O–H groups in total. The molecule has 0 amide bonds. The van der Waals surface area contributed by atoms with E-state index in [1.165, 1.54) is 5.56 Å². The molecule has 1 aliphatic carbocycles. The lowest BCUT2D eigenvalue weighted by molar-refractivity contribution is 0.174. The first kappa shape index (κ1) is 11.7. The molecule has 18 heavy (non-hydrogen) atoms. The molecular formula is C14H19NO3. The highest BCUT2D eigenvalue weighted by molar-refractivity contribution is 5.55. The number of hydrogen-bond donors (Lipinski definition) is 1. The van der Waals surface area contributed by atoms with Gasteiger partial charge in [0.05, 0.1) is 7.11 Å². The van der Waals surface area contributed by atoms with Crippen LogP contribution in [0.5, 0.6) is 17.2 Å². The van der Waals surface area contributed by atoms with Crippen LogP contribution in [0.15, 0.2) is 12.1 Å². The quantitative estimate of drug-likeness (QED) is 0.891. The summed E-state index contributed by atoms with van der Waals surface area (Å²) in [5.74, 6) is 3.38. The molecule has 1 aromatic carbocycles. The van der Waals surface area contributed by atoms with Crippen LogP contribution in [-0.4, -0.2) is 20.4 Å². The van der Waals surface area contributed by atoms with E-state index in [9.17, 15) is 0 Å². The lowest BCUT2D eigenvalue weighted by Crippen LogP contribution is -2.05. The number of nitrogens with two attached hydrogens (primary N) is 1. The molecule has 2 aliphatic rings. The van der Waals surface area contributed by atoms with Crippen molar-refractivity contribution in [3.05, 3.63) is 17.7 Å². The average Bonchev–Trinajstić information content (AvgIpc) is 2.72. The van der Waals surface area contributed by atoms with Gasteiger partial charge in [0.2, 0.25) is 6.79 Å². The summed E-state index contributed by atoms with van der Waals surface area (Å²) in [6.45, 7) is 5.49. The summed E-state index contributed by atoms with van der Waals surface area (Å²) < 4.78 is 16.3. The van der Waals surface area contributed by atoms with Crippen molar-refractivity contribution in [1.82, 2.24) is 0 Å². The molecule has 4 heteroatoms. The van der Waals surface area contributed by atoms with Crippen LogP contribution in [0, 0.1) is 11.3 Å². The third kappa shape index (κ3) is 1.48. The van der Waals surface area contributed by atoms with Gasteiger partial charge in [-0.2, -0.15) is 0 Å². The van der Waals surface area contributed by atoms with Crippen LogP contribution in [0.3, 0.4) is 0 Å². The van der Waals surface area contributed by atoms with Gasteiger partial charge in [-0.05, 0) is 29.9 Å². The van der Waals surface area contributed by atoms with Gasteiger partial charge >= 0.3 is 0 Å². The summed E-state index contributed by atoms with van der Waals surface area (Å²) >= 11 is 0. The Morgan fingerprint density at radius 2 is 2.00 bits per heavy atom. The van der Waals surface area contributed by atoms with Crippen molar-refractivity contribution < 1.29 is 14.2 Å². The molecular weight excluding hydrogens is 230 g/mol. The van der Waals surface area contributed by atoms with Gasteiger partial charge in [-0.1, -0.05) is 13.8 Å². The first-order chi connectivity index (χ1) is 8.59. The van der Waals surface area contributed by atoms with E-state index in [4.69, 9.17) is 19.9 Å². The van der Waals surface area contributed by atoms with Crippen LogP contribution in [0.1, 0.15) is 25.3 Å². The van der Waals surface area contributed by atoms with Gasteiger partial charge < -0.3 is 19.9 Å². The van der Waals surface area contributed by atoms with Crippen molar-refractivity contribution in [2.75, 3.05) is 20.4 Å². The van der Waals surface area contributed by atoms with E-state index in [1.54, 1.807) is 7.11 Å². The van der Waals surface area contributed by atoms with E-state index in [0.717, 1.165) is 17.2 Å². The Hall–Kier alpha value is -1.42. The molecule has 1 saturated carbocycles. The van der Waals surface area contributed by atoms with Gasteiger partial charge in [0, 0.05) is 11.6 Å². The molecule has 0 saturated heterocycles. The second kappa shape index (κ2) is 3.79. The van der Waals surface area contributed by atoms with Crippen LogP contribution in [0.2, 0.25) is 0 Å². The van der Waals surface area contributed by atoms with Crippen molar-refractivity contribution in [3.8, 4) is 17.2 Å². The highest BCUT2D eigenvalue weighted by Gasteiger charge is 2.58. The zero-order valence-corrected chi connectivity index (χ0v) is 11.0. The topological polar surface area (TPSA) is 53.7 Å². The van der Waals surface area contributed by atoms with Crippen LogP contribution >= 0.6 is 0 Å². The summed E-state index contributed by atoms with van der Waals surface area (Å²) in [5.41, 5.74) is 7.26. The Morgan fingerprint density at radius 3 is 2.56 bits per heavy atom. The van der Waals surface area contributed by atoms with Gasteiger partial charge in [-0.15, -0.1) is 0 Å². The maximum absolute atomic E-state index is 5.84. The first-order valence-corrected chi connectivity index (χ1v) is 6.27. The minimum Gasteiger partial charge on any atom is -0.496 e. The Balaban J connectivity index is 2.02. The monoisotopic (exact) mass is 249 g/mol. The minimum atomic E-state index is 0.232. The summed E-state index contributed by atoms with van der Waals surface area (Å²) in [7, 11) is 1.69. The average molecular weight is 249 g/mol. The van der Waals surface area contributed by atoms with Crippen molar-refractivity contribution in [2.45, 2.75) is 19.8 Å². The molecule has 1 aliphatic heterocycles. The maximum atomic E-state index is 5.84. The molecule has 1 aromatic rings. The number of rotatable bonds is 3. The standard InChI is InChI=1S/C14H19NO3/c1-14(2)9(6-15)13(14)8-4-11-12(18-7-17-11)5-10(8)16-3/h4-5,9,13H,6-7,15H2,1-3H3/t9-,13-/m0/s1. The highest BCUT2D eigenvalue weighted by Crippen LogP contribution is 2.66. The van der Waals surface area contributed by atoms with Crippen LogP contribution in [-0.2, 0) is 0 Å². The van der Waals surface area contributed by atoms with Gasteiger partial charge in [-0.3, -0.25) is 0 Å². The van der Waals surface area contributed by atoms with E-state index in [1.807, 2.05) is 12.1 Å². The third-order valence-corrected chi connectivity index (χ3v) is 4.36. The van der Waals surface area contributed by atoms with E-state index >= 15 is 0 Å². The fraction of sp³-hybridized carbons (Fsp3) is 0.571. The van der Waals surface area contributed by atoms with Crippen LogP contribution in [0.25, 0.3) is 0 Å². The van der Waals surface area contributed by atoms with Gasteiger partial charge in [0.1, 0.15) is 5.75 Å². The molecule has 2 atom stereocenters. The Kier molecular flexibility index (Phi) is 2.45. The zero-order valence-electron chi connectivity index (χ0n) is 11.0. The largest absolute Gasteiger partial charge is 0.496 e. The van der Waals surface area contributed by atoms with Crippen LogP contribution < -0.4 is 19.9 Å². The predicted octanol–water partition coefficient (Wildman–Crippen LogP) is 2.12. The van der Waals surface area contributed by atoms with E-state index in [-0.39, 0.29) is 12.2 Å². The molecule has 0 bridgehead atoms. The number of methoxy groups -OCH3 is 1. The van der Waals surface area contributed by atoms with E-state index in [0.29, 0.717) is 18.4 Å². The van der Waals surface area contributed by atoms with E-state index < -0.39 is 0 Å². The normalized spacial score (nSPS) is 27.1. The lowest BCUT2D eigenvalue weighted by Gasteiger charge is -2.11. The molecule has 0 radical (unpaired) electrons. The molecule has 0 unspecified atom stereocenters. The zero-order chi connectivity index (χ0) is 12.9. The second-order valence-electron chi connectivity index (χ2n) is 5.59. The van der Waals surface area contributed by atoms with Crippen molar-refractivity contribution >= 4 is 0 Å². The minimum absolute atomic E-state index is 0.232.